The smallest absolute Gasteiger partial charge is 0.228 e. The molecule has 1 amide bonds. The van der Waals surface area contributed by atoms with Gasteiger partial charge in [0.15, 0.2) is 0 Å². The molecule has 1 saturated carbocycles. The SMILES string of the molecule is O=C(C1CCCC1O)N1CCc2ccccc2C1. The number of nitrogens with zero attached hydrogens (tertiary/aromatic N) is 1. The molecule has 3 heteroatoms. The molecule has 0 aromatic heterocycles. The molecule has 1 aliphatic carbocycles. The second kappa shape index (κ2) is 4.73. The number of fused-ring (bicyclic) bond motifs is 1. The van der Waals surface area contributed by atoms with Crippen LogP contribution in [0.1, 0.15) is 30.4 Å². The van der Waals surface area contributed by atoms with Crippen molar-refractivity contribution in [1.82, 2.24) is 4.90 Å². The molecule has 2 unspecified atom stereocenters. The van der Waals surface area contributed by atoms with Crippen LogP contribution in [0.3, 0.4) is 0 Å². The summed E-state index contributed by atoms with van der Waals surface area (Å²) in [5, 5.41) is 9.84. The van der Waals surface area contributed by atoms with E-state index in [1.165, 1.54) is 11.1 Å². The summed E-state index contributed by atoms with van der Waals surface area (Å²) in [5.41, 5.74) is 2.61. The van der Waals surface area contributed by atoms with E-state index in [1.54, 1.807) is 0 Å². The average Bonchev–Trinajstić information content (AvgIpc) is 2.83. The van der Waals surface area contributed by atoms with Gasteiger partial charge in [0, 0.05) is 13.1 Å². The Hall–Kier alpha value is -1.35. The Morgan fingerprint density at radius 1 is 1.22 bits per heavy atom. The fraction of sp³-hybridized carbons (Fsp3) is 0.533. The van der Waals surface area contributed by atoms with Gasteiger partial charge in [0.05, 0.1) is 12.0 Å². The lowest BCUT2D eigenvalue weighted by Crippen LogP contribution is -2.41. The topological polar surface area (TPSA) is 40.5 Å². The van der Waals surface area contributed by atoms with Crippen molar-refractivity contribution in [3.8, 4) is 0 Å². The van der Waals surface area contributed by atoms with Gasteiger partial charge in [-0.3, -0.25) is 4.79 Å². The Balaban J connectivity index is 1.74. The van der Waals surface area contributed by atoms with E-state index in [9.17, 15) is 9.90 Å². The van der Waals surface area contributed by atoms with Crippen LogP contribution in [0.25, 0.3) is 0 Å². The van der Waals surface area contributed by atoms with Crippen LogP contribution in [0.5, 0.6) is 0 Å². The highest BCUT2D eigenvalue weighted by Gasteiger charge is 2.35. The molecule has 0 spiro atoms. The van der Waals surface area contributed by atoms with Crippen LogP contribution >= 0.6 is 0 Å². The van der Waals surface area contributed by atoms with E-state index in [0.29, 0.717) is 6.54 Å². The molecule has 2 atom stereocenters. The van der Waals surface area contributed by atoms with Crippen LogP contribution in [0.4, 0.5) is 0 Å². The molecule has 1 fully saturated rings. The summed E-state index contributed by atoms with van der Waals surface area (Å²) < 4.78 is 0. The van der Waals surface area contributed by atoms with Crippen LogP contribution in [-0.4, -0.2) is 28.6 Å². The zero-order valence-corrected chi connectivity index (χ0v) is 10.5. The van der Waals surface area contributed by atoms with E-state index in [0.717, 1.165) is 32.2 Å². The summed E-state index contributed by atoms with van der Waals surface area (Å²) in [7, 11) is 0. The lowest BCUT2D eigenvalue weighted by Gasteiger charge is -2.31. The van der Waals surface area contributed by atoms with Crippen LogP contribution in [0.2, 0.25) is 0 Å². The van der Waals surface area contributed by atoms with Gasteiger partial charge in [0.2, 0.25) is 5.91 Å². The minimum Gasteiger partial charge on any atom is -0.392 e. The van der Waals surface area contributed by atoms with E-state index in [-0.39, 0.29) is 11.8 Å². The lowest BCUT2D eigenvalue weighted by atomic mass is 9.97. The van der Waals surface area contributed by atoms with E-state index in [4.69, 9.17) is 0 Å². The second-order valence-corrected chi connectivity index (χ2v) is 5.38. The van der Waals surface area contributed by atoms with Crippen molar-refractivity contribution in [3.05, 3.63) is 35.4 Å². The molecule has 0 radical (unpaired) electrons. The molecule has 1 heterocycles. The third kappa shape index (κ3) is 2.03. The number of carbonyl (C=O) groups excluding carboxylic acids is 1. The minimum absolute atomic E-state index is 0.148. The highest BCUT2D eigenvalue weighted by molar-refractivity contribution is 5.80. The quantitative estimate of drug-likeness (QED) is 0.818. The number of rotatable bonds is 1. The van der Waals surface area contributed by atoms with Crippen molar-refractivity contribution in [2.45, 2.75) is 38.3 Å². The maximum absolute atomic E-state index is 12.4. The van der Waals surface area contributed by atoms with Crippen LogP contribution in [0, 0.1) is 5.92 Å². The Bertz CT molecular complexity index is 458. The molecule has 1 aliphatic heterocycles. The summed E-state index contributed by atoms with van der Waals surface area (Å²) in [6.07, 6.45) is 3.11. The van der Waals surface area contributed by atoms with Crippen LogP contribution < -0.4 is 0 Å². The third-order valence-corrected chi connectivity index (χ3v) is 4.24. The zero-order valence-electron chi connectivity index (χ0n) is 10.5. The second-order valence-electron chi connectivity index (χ2n) is 5.38. The Morgan fingerprint density at radius 2 is 2.00 bits per heavy atom. The van der Waals surface area contributed by atoms with Gasteiger partial charge in [-0.2, -0.15) is 0 Å². The van der Waals surface area contributed by atoms with Gasteiger partial charge < -0.3 is 10.0 Å². The molecule has 0 saturated heterocycles. The predicted octanol–water partition coefficient (Wildman–Crippen LogP) is 1.73. The molecule has 1 aromatic carbocycles. The number of hydrogen-bond donors (Lipinski definition) is 1. The van der Waals surface area contributed by atoms with Gasteiger partial charge in [-0.1, -0.05) is 24.3 Å². The van der Waals surface area contributed by atoms with Gasteiger partial charge in [0.1, 0.15) is 0 Å². The molecule has 3 nitrogen and oxygen atoms in total. The van der Waals surface area contributed by atoms with E-state index in [1.807, 2.05) is 11.0 Å². The Kier molecular flexibility index (Phi) is 3.08. The highest BCUT2D eigenvalue weighted by Crippen LogP contribution is 2.29. The van der Waals surface area contributed by atoms with Crippen molar-refractivity contribution in [2.24, 2.45) is 5.92 Å². The summed E-state index contributed by atoms with van der Waals surface area (Å²) in [6.45, 7) is 1.50. The number of amides is 1. The number of carbonyl (C=O) groups is 1. The van der Waals surface area contributed by atoms with Crippen molar-refractivity contribution >= 4 is 5.91 Å². The lowest BCUT2D eigenvalue weighted by molar-refractivity contribution is -0.139. The summed E-state index contributed by atoms with van der Waals surface area (Å²) >= 11 is 0. The largest absolute Gasteiger partial charge is 0.392 e. The van der Waals surface area contributed by atoms with Crippen molar-refractivity contribution < 1.29 is 9.90 Å². The van der Waals surface area contributed by atoms with Gasteiger partial charge >= 0.3 is 0 Å². The summed E-state index contributed by atoms with van der Waals surface area (Å²) in [5.74, 6) is -0.00948. The normalized spacial score (nSPS) is 27.1. The first kappa shape index (κ1) is 11.7. The van der Waals surface area contributed by atoms with Crippen molar-refractivity contribution in [2.75, 3.05) is 6.54 Å². The van der Waals surface area contributed by atoms with Crippen LogP contribution in [0.15, 0.2) is 24.3 Å². The molecule has 1 aromatic rings. The van der Waals surface area contributed by atoms with Gasteiger partial charge in [-0.15, -0.1) is 0 Å². The predicted molar refractivity (Wildman–Crippen MR) is 68.9 cm³/mol. The van der Waals surface area contributed by atoms with Gasteiger partial charge in [-0.05, 0) is 36.8 Å². The molecule has 2 aliphatic rings. The van der Waals surface area contributed by atoms with E-state index in [2.05, 4.69) is 18.2 Å². The maximum Gasteiger partial charge on any atom is 0.228 e. The molecule has 1 N–H and O–H groups in total. The fourth-order valence-corrected chi connectivity index (χ4v) is 3.15. The highest BCUT2D eigenvalue weighted by atomic mass is 16.3. The number of aliphatic hydroxyl groups is 1. The minimum atomic E-state index is -0.422. The third-order valence-electron chi connectivity index (χ3n) is 4.24. The number of aliphatic hydroxyl groups excluding tert-OH is 1. The van der Waals surface area contributed by atoms with Gasteiger partial charge in [0.25, 0.3) is 0 Å². The average molecular weight is 245 g/mol. The molecule has 96 valence electrons. The molecule has 18 heavy (non-hydrogen) atoms. The first-order valence-electron chi connectivity index (χ1n) is 6.79. The Labute approximate surface area is 107 Å². The Morgan fingerprint density at radius 3 is 2.72 bits per heavy atom. The van der Waals surface area contributed by atoms with Crippen molar-refractivity contribution in [3.63, 3.8) is 0 Å². The molecule has 0 bridgehead atoms. The summed E-state index contributed by atoms with van der Waals surface area (Å²) in [6, 6.07) is 8.32. The van der Waals surface area contributed by atoms with Gasteiger partial charge in [-0.25, -0.2) is 0 Å². The monoisotopic (exact) mass is 245 g/mol. The van der Waals surface area contributed by atoms with Crippen LogP contribution in [-0.2, 0) is 17.8 Å². The molecular formula is C15H19NO2. The van der Waals surface area contributed by atoms with E-state index < -0.39 is 6.10 Å². The summed E-state index contributed by atoms with van der Waals surface area (Å²) in [4.78, 5) is 14.3. The fourth-order valence-electron chi connectivity index (χ4n) is 3.15. The first-order chi connectivity index (χ1) is 8.75. The van der Waals surface area contributed by atoms with Crippen molar-refractivity contribution in [1.29, 1.82) is 0 Å². The molecule has 3 rings (SSSR count). The standard InChI is InChI=1S/C15H19NO2/c17-14-7-3-6-13(14)15(18)16-9-8-11-4-1-2-5-12(11)10-16/h1-2,4-5,13-14,17H,3,6-10H2. The van der Waals surface area contributed by atoms with E-state index >= 15 is 0 Å². The number of benzene rings is 1. The first-order valence-corrected chi connectivity index (χ1v) is 6.79. The number of hydrogen-bond acceptors (Lipinski definition) is 2. The molecular weight excluding hydrogens is 226 g/mol. The zero-order chi connectivity index (χ0) is 12.5. The maximum atomic E-state index is 12.4.